The van der Waals surface area contributed by atoms with Crippen LogP contribution < -0.4 is 0 Å². The molecule has 0 aromatic heterocycles. The maximum Gasteiger partial charge on any atom is 0.330 e. The molecule has 0 amide bonds. The van der Waals surface area contributed by atoms with E-state index in [9.17, 15) is 9.59 Å². The van der Waals surface area contributed by atoms with E-state index in [-0.39, 0.29) is 5.97 Å². The Kier molecular flexibility index (Phi) is 18.0. The van der Waals surface area contributed by atoms with Crippen LogP contribution in [0.4, 0.5) is 0 Å². The molecule has 0 atom stereocenters. The van der Waals surface area contributed by atoms with E-state index in [1.165, 1.54) is 76.7 Å². The molecule has 25 heavy (non-hydrogen) atoms. The van der Waals surface area contributed by atoms with Crippen molar-refractivity contribution in [3.05, 3.63) is 12.7 Å². The monoisotopic (exact) mass is 354 g/mol. The van der Waals surface area contributed by atoms with Crippen molar-refractivity contribution in [2.45, 2.75) is 103 Å². The molecule has 0 unspecified atom stereocenters. The first kappa shape index (κ1) is 23.7. The second-order valence-corrected chi connectivity index (χ2v) is 6.82. The zero-order chi connectivity index (χ0) is 18.6. The summed E-state index contributed by atoms with van der Waals surface area (Å²) in [6.45, 7) is 3.89. The second-order valence-electron chi connectivity index (χ2n) is 6.82. The Labute approximate surface area is 154 Å². The van der Waals surface area contributed by atoms with Crippen LogP contribution in [0.25, 0.3) is 0 Å². The van der Waals surface area contributed by atoms with E-state index in [1.54, 1.807) is 0 Å². The Balaban J connectivity index is 3.04. The van der Waals surface area contributed by atoms with Gasteiger partial charge in [-0.1, -0.05) is 90.0 Å². The molecule has 0 aromatic carbocycles. The maximum absolute atomic E-state index is 10.8. The van der Waals surface area contributed by atoms with Crippen LogP contribution in [-0.4, -0.2) is 23.7 Å². The molecule has 0 radical (unpaired) electrons. The smallest absolute Gasteiger partial charge is 0.330 e. The number of hydrogen-bond acceptors (Lipinski definition) is 3. The minimum atomic E-state index is -0.672. The molecular formula is C21H38O4. The van der Waals surface area contributed by atoms with Gasteiger partial charge in [-0.05, 0) is 12.8 Å². The summed E-state index contributed by atoms with van der Waals surface area (Å²) >= 11 is 0. The summed E-state index contributed by atoms with van der Waals surface area (Å²) in [5.74, 6) is -0.993. The van der Waals surface area contributed by atoms with Crippen molar-refractivity contribution >= 4 is 11.9 Å². The third-order valence-electron chi connectivity index (χ3n) is 4.45. The van der Waals surface area contributed by atoms with E-state index >= 15 is 0 Å². The Morgan fingerprint density at radius 3 is 1.40 bits per heavy atom. The Hall–Kier alpha value is -1.32. The number of unbranched alkanes of at least 4 members (excludes halogenated alkanes) is 14. The third-order valence-corrected chi connectivity index (χ3v) is 4.45. The first-order valence-electron chi connectivity index (χ1n) is 10.2. The van der Waals surface area contributed by atoms with Crippen LogP contribution in [0.15, 0.2) is 12.7 Å². The van der Waals surface area contributed by atoms with Crippen molar-refractivity contribution in [2.24, 2.45) is 0 Å². The summed E-state index contributed by atoms with van der Waals surface area (Å²) in [5.41, 5.74) is 0. The van der Waals surface area contributed by atoms with Crippen LogP contribution in [0.3, 0.4) is 0 Å². The Morgan fingerprint density at radius 2 is 1.04 bits per heavy atom. The van der Waals surface area contributed by atoms with E-state index in [1.807, 2.05) is 0 Å². The average molecular weight is 355 g/mol. The average Bonchev–Trinajstić information content (AvgIpc) is 2.60. The van der Waals surface area contributed by atoms with Crippen molar-refractivity contribution in [1.29, 1.82) is 0 Å². The topological polar surface area (TPSA) is 63.6 Å². The predicted molar refractivity (Wildman–Crippen MR) is 103 cm³/mol. The molecule has 0 bridgehead atoms. The number of rotatable bonds is 19. The van der Waals surface area contributed by atoms with Gasteiger partial charge in [-0.25, -0.2) is 4.79 Å². The van der Waals surface area contributed by atoms with Gasteiger partial charge in [0.15, 0.2) is 0 Å². The minimum absolute atomic E-state index is 0.321. The molecule has 0 aliphatic rings. The lowest BCUT2D eigenvalue weighted by molar-refractivity contribution is -0.138. The Bertz CT molecular complexity index is 339. The molecule has 0 fully saturated rings. The maximum atomic E-state index is 10.8. The molecule has 146 valence electrons. The predicted octanol–water partition coefficient (Wildman–Crippen LogP) is 6.04. The summed E-state index contributed by atoms with van der Waals surface area (Å²) in [7, 11) is 0. The number of esters is 1. The number of carbonyl (C=O) groups excluding carboxylic acids is 1. The lowest BCUT2D eigenvalue weighted by atomic mass is 10.0. The fourth-order valence-electron chi connectivity index (χ4n) is 2.91. The summed E-state index contributed by atoms with van der Waals surface area (Å²) in [6, 6.07) is 0. The standard InChI is InChI=1S/C21H38O4/c1-2-21(24)25-19-17-15-13-11-9-7-5-3-4-6-8-10-12-14-16-18-20(22)23/h2H,1,3-19H2,(H,22,23). The molecular weight excluding hydrogens is 316 g/mol. The van der Waals surface area contributed by atoms with Crippen LogP contribution in [0.5, 0.6) is 0 Å². The lowest BCUT2D eigenvalue weighted by Crippen LogP contribution is -2.01. The van der Waals surface area contributed by atoms with Crippen LogP contribution in [-0.2, 0) is 14.3 Å². The van der Waals surface area contributed by atoms with E-state index in [0.717, 1.165) is 25.7 Å². The van der Waals surface area contributed by atoms with E-state index in [0.29, 0.717) is 13.0 Å². The van der Waals surface area contributed by atoms with Gasteiger partial charge in [0.25, 0.3) is 0 Å². The van der Waals surface area contributed by atoms with Gasteiger partial charge in [-0.15, -0.1) is 0 Å². The van der Waals surface area contributed by atoms with Crippen molar-refractivity contribution in [3.63, 3.8) is 0 Å². The summed E-state index contributed by atoms with van der Waals surface area (Å²) in [5, 5.41) is 8.55. The van der Waals surface area contributed by atoms with Gasteiger partial charge in [0.05, 0.1) is 6.61 Å². The first-order valence-corrected chi connectivity index (χ1v) is 10.2. The van der Waals surface area contributed by atoms with Gasteiger partial charge in [0.2, 0.25) is 0 Å². The molecule has 0 heterocycles. The third kappa shape index (κ3) is 20.6. The number of carboxylic acids is 1. The normalized spacial score (nSPS) is 10.6. The first-order chi connectivity index (χ1) is 12.2. The van der Waals surface area contributed by atoms with Gasteiger partial charge in [-0.3, -0.25) is 4.79 Å². The number of carboxylic acid groups (broad SMARTS) is 1. The SMILES string of the molecule is C=CC(=O)OCCCCCCCCCCCCCCCCCC(=O)O. The molecule has 0 saturated heterocycles. The highest BCUT2D eigenvalue weighted by molar-refractivity contribution is 5.81. The molecule has 1 N–H and O–H groups in total. The highest BCUT2D eigenvalue weighted by Crippen LogP contribution is 2.13. The number of aliphatic carboxylic acids is 1. The van der Waals surface area contributed by atoms with E-state index in [4.69, 9.17) is 9.84 Å². The fraction of sp³-hybridized carbons (Fsp3) is 0.810. The lowest BCUT2D eigenvalue weighted by Gasteiger charge is -2.04. The van der Waals surface area contributed by atoms with Crippen molar-refractivity contribution in [2.75, 3.05) is 6.61 Å². The largest absolute Gasteiger partial charge is 0.481 e. The van der Waals surface area contributed by atoms with Crippen LogP contribution in [0.1, 0.15) is 103 Å². The van der Waals surface area contributed by atoms with Gasteiger partial charge in [0, 0.05) is 12.5 Å². The quantitative estimate of drug-likeness (QED) is 0.174. The van der Waals surface area contributed by atoms with Gasteiger partial charge in [-0.2, -0.15) is 0 Å². The Morgan fingerprint density at radius 1 is 0.680 bits per heavy atom. The van der Waals surface area contributed by atoms with Gasteiger partial charge >= 0.3 is 11.9 Å². The second kappa shape index (κ2) is 19.0. The van der Waals surface area contributed by atoms with Gasteiger partial charge < -0.3 is 9.84 Å². The highest BCUT2D eigenvalue weighted by atomic mass is 16.5. The summed E-state index contributed by atoms with van der Waals surface area (Å²) in [6.07, 6.45) is 19.7. The highest BCUT2D eigenvalue weighted by Gasteiger charge is 1.98. The number of hydrogen-bond donors (Lipinski definition) is 1. The van der Waals surface area contributed by atoms with Crippen LogP contribution in [0, 0.1) is 0 Å². The molecule has 0 spiro atoms. The van der Waals surface area contributed by atoms with E-state index in [2.05, 4.69) is 6.58 Å². The zero-order valence-corrected chi connectivity index (χ0v) is 16.0. The van der Waals surface area contributed by atoms with Crippen LogP contribution >= 0.6 is 0 Å². The molecule has 4 nitrogen and oxygen atoms in total. The van der Waals surface area contributed by atoms with Gasteiger partial charge in [0.1, 0.15) is 0 Å². The minimum Gasteiger partial charge on any atom is -0.481 e. The number of ether oxygens (including phenoxy) is 1. The fourth-order valence-corrected chi connectivity index (χ4v) is 2.91. The molecule has 0 rings (SSSR count). The van der Waals surface area contributed by atoms with E-state index < -0.39 is 5.97 Å². The van der Waals surface area contributed by atoms with Crippen LogP contribution in [0.2, 0.25) is 0 Å². The summed E-state index contributed by atoms with van der Waals surface area (Å²) in [4.78, 5) is 21.2. The van der Waals surface area contributed by atoms with Crippen molar-refractivity contribution in [3.8, 4) is 0 Å². The summed E-state index contributed by atoms with van der Waals surface area (Å²) < 4.78 is 4.94. The molecule has 0 aromatic rings. The number of carbonyl (C=O) groups is 2. The molecule has 0 aliphatic carbocycles. The molecule has 4 heteroatoms. The van der Waals surface area contributed by atoms with Crippen molar-refractivity contribution in [1.82, 2.24) is 0 Å². The molecule has 0 aliphatic heterocycles. The zero-order valence-electron chi connectivity index (χ0n) is 16.0. The van der Waals surface area contributed by atoms with Crippen molar-refractivity contribution < 1.29 is 19.4 Å². The molecule has 0 saturated carbocycles.